The van der Waals surface area contributed by atoms with Gasteiger partial charge < -0.3 is 4.74 Å². The maximum atomic E-state index is 11.5. The summed E-state index contributed by atoms with van der Waals surface area (Å²) in [6.07, 6.45) is -0.0794. The maximum absolute atomic E-state index is 11.5. The van der Waals surface area contributed by atoms with Gasteiger partial charge in [0.1, 0.15) is 6.10 Å². The molecule has 2 atom stereocenters. The van der Waals surface area contributed by atoms with Crippen molar-refractivity contribution in [2.45, 2.75) is 32.8 Å². The van der Waals surface area contributed by atoms with Crippen LogP contribution in [0.25, 0.3) is 0 Å². The van der Waals surface area contributed by atoms with Crippen molar-refractivity contribution in [3.63, 3.8) is 0 Å². The number of pyridine rings is 1. The molecule has 3 heteroatoms. The van der Waals surface area contributed by atoms with Crippen LogP contribution in [0.5, 0.6) is 0 Å². The van der Waals surface area contributed by atoms with Gasteiger partial charge in [0.25, 0.3) is 0 Å². The molecule has 0 saturated carbocycles. The number of ether oxygens (including phenoxy) is 1. The van der Waals surface area contributed by atoms with E-state index in [1.165, 1.54) is 0 Å². The second-order valence-corrected chi connectivity index (χ2v) is 3.78. The topological polar surface area (TPSA) is 39.2 Å². The fraction of sp³-hybridized carbons (Fsp3) is 0.455. The van der Waals surface area contributed by atoms with E-state index in [-0.39, 0.29) is 18.0 Å². The molecule has 1 aliphatic heterocycles. The summed E-state index contributed by atoms with van der Waals surface area (Å²) in [6, 6.07) is 3.63. The van der Waals surface area contributed by atoms with E-state index in [2.05, 4.69) is 4.98 Å². The molecule has 0 saturated heterocycles. The Labute approximate surface area is 83.1 Å². The van der Waals surface area contributed by atoms with Gasteiger partial charge in [-0.3, -0.25) is 4.98 Å². The summed E-state index contributed by atoms with van der Waals surface area (Å²) in [7, 11) is 0. The van der Waals surface area contributed by atoms with Crippen LogP contribution in [-0.4, -0.2) is 17.1 Å². The van der Waals surface area contributed by atoms with Gasteiger partial charge in [0, 0.05) is 11.6 Å². The SMILES string of the molecule is Cc1ccc2c(n1)[C@@H](C)C(C)OC2=O. The molecule has 14 heavy (non-hydrogen) atoms. The smallest absolute Gasteiger partial charge is 0.340 e. The van der Waals surface area contributed by atoms with E-state index in [1.54, 1.807) is 6.07 Å². The minimum Gasteiger partial charge on any atom is -0.458 e. The Balaban J connectivity index is 2.56. The number of aryl methyl sites for hydroxylation is 1. The largest absolute Gasteiger partial charge is 0.458 e. The third-order valence-electron chi connectivity index (χ3n) is 2.71. The van der Waals surface area contributed by atoms with Crippen molar-refractivity contribution < 1.29 is 9.53 Å². The highest BCUT2D eigenvalue weighted by atomic mass is 16.5. The Morgan fingerprint density at radius 1 is 1.36 bits per heavy atom. The second-order valence-electron chi connectivity index (χ2n) is 3.78. The molecule has 1 aromatic heterocycles. The maximum Gasteiger partial charge on any atom is 0.340 e. The summed E-state index contributed by atoms with van der Waals surface area (Å²) in [4.78, 5) is 15.9. The van der Waals surface area contributed by atoms with Gasteiger partial charge in [0.15, 0.2) is 0 Å². The molecular formula is C11H13NO2. The standard InChI is InChI=1S/C11H13NO2/c1-6-4-5-9-10(12-6)7(2)8(3)14-11(9)13/h4-5,7-8H,1-3H3/t7-,8?/m0/s1. The summed E-state index contributed by atoms with van der Waals surface area (Å²) >= 11 is 0. The lowest BCUT2D eigenvalue weighted by atomic mass is 9.94. The number of rotatable bonds is 0. The first-order valence-corrected chi connectivity index (χ1v) is 4.78. The molecular weight excluding hydrogens is 178 g/mol. The number of hydrogen-bond donors (Lipinski definition) is 0. The van der Waals surface area contributed by atoms with E-state index in [1.807, 2.05) is 26.8 Å². The fourth-order valence-corrected chi connectivity index (χ4v) is 1.65. The zero-order chi connectivity index (χ0) is 10.3. The third-order valence-corrected chi connectivity index (χ3v) is 2.71. The molecule has 2 rings (SSSR count). The number of cyclic esters (lactones) is 1. The van der Waals surface area contributed by atoms with E-state index < -0.39 is 0 Å². The monoisotopic (exact) mass is 191 g/mol. The molecule has 0 radical (unpaired) electrons. The number of carbonyl (C=O) groups is 1. The van der Waals surface area contributed by atoms with Crippen molar-refractivity contribution in [2.24, 2.45) is 0 Å². The highest BCUT2D eigenvalue weighted by Gasteiger charge is 2.30. The highest BCUT2D eigenvalue weighted by Crippen LogP contribution is 2.29. The van der Waals surface area contributed by atoms with Gasteiger partial charge in [-0.25, -0.2) is 4.79 Å². The lowest BCUT2D eigenvalue weighted by Crippen LogP contribution is -2.29. The normalized spacial score (nSPS) is 25.5. The van der Waals surface area contributed by atoms with Crippen LogP contribution >= 0.6 is 0 Å². The molecule has 0 spiro atoms. The average molecular weight is 191 g/mol. The van der Waals surface area contributed by atoms with E-state index >= 15 is 0 Å². The Hall–Kier alpha value is -1.38. The summed E-state index contributed by atoms with van der Waals surface area (Å²) in [5.74, 6) is -0.0688. The molecule has 1 unspecified atom stereocenters. The molecule has 0 amide bonds. The molecule has 3 nitrogen and oxygen atoms in total. The van der Waals surface area contributed by atoms with Gasteiger partial charge in [0.05, 0.1) is 11.3 Å². The van der Waals surface area contributed by atoms with Gasteiger partial charge >= 0.3 is 5.97 Å². The van der Waals surface area contributed by atoms with Gasteiger partial charge in [-0.1, -0.05) is 6.92 Å². The van der Waals surface area contributed by atoms with Crippen molar-refractivity contribution >= 4 is 5.97 Å². The first kappa shape index (κ1) is 9.19. The zero-order valence-corrected chi connectivity index (χ0v) is 8.57. The number of fused-ring (bicyclic) bond motifs is 1. The van der Waals surface area contributed by atoms with Crippen LogP contribution in [0.2, 0.25) is 0 Å². The van der Waals surface area contributed by atoms with Crippen LogP contribution in [0.3, 0.4) is 0 Å². The van der Waals surface area contributed by atoms with Crippen molar-refractivity contribution in [3.8, 4) is 0 Å². The van der Waals surface area contributed by atoms with Crippen LogP contribution in [0.4, 0.5) is 0 Å². The summed E-state index contributed by atoms with van der Waals surface area (Å²) in [5, 5.41) is 0. The van der Waals surface area contributed by atoms with E-state index in [9.17, 15) is 4.79 Å². The molecule has 0 aromatic carbocycles. The fourth-order valence-electron chi connectivity index (χ4n) is 1.65. The van der Waals surface area contributed by atoms with Crippen molar-refractivity contribution in [2.75, 3.05) is 0 Å². The Morgan fingerprint density at radius 2 is 2.07 bits per heavy atom. The first-order chi connectivity index (χ1) is 6.59. The molecule has 1 aromatic rings. The lowest BCUT2D eigenvalue weighted by Gasteiger charge is -2.27. The molecule has 0 N–H and O–H groups in total. The Kier molecular flexibility index (Phi) is 2.02. The van der Waals surface area contributed by atoms with Crippen LogP contribution in [0, 0.1) is 6.92 Å². The van der Waals surface area contributed by atoms with Gasteiger partial charge in [-0.2, -0.15) is 0 Å². The van der Waals surface area contributed by atoms with E-state index in [0.29, 0.717) is 5.56 Å². The quantitative estimate of drug-likeness (QED) is 0.589. The predicted molar refractivity (Wildman–Crippen MR) is 52.3 cm³/mol. The minimum atomic E-state index is -0.252. The Bertz CT molecular complexity index is 387. The number of aromatic nitrogens is 1. The van der Waals surface area contributed by atoms with Crippen molar-refractivity contribution in [1.82, 2.24) is 4.98 Å². The number of esters is 1. The summed E-state index contributed by atoms with van der Waals surface area (Å²) in [5.41, 5.74) is 2.42. The molecule has 0 fully saturated rings. The summed E-state index contributed by atoms with van der Waals surface area (Å²) < 4.78 is 5.19. The molecule has 74 valence electrons. The molecule has 1 aliphatic rings. The van der Waals surface area contributed by atoms with E-state index in [4.69, 9.17) is 4.74 Å². The van der Waals surface area contributed by atoms with Crippen LogP contribution < -0.4 is 0 Å². The molecule has 2 heterocycles. The number of carbonyl (C=O) groups excluding carboxylic acids is 1. The van der Waals surface area contributed by atoms with Gasteiger partial charge in [-0.05, 0) is 26.0 Å². The highest BCUT2D eigenvalue weighted by molar-refractivity contribution is 5.92. The molecule has 0 aliphatic carbocycles. The lowest BCUT2D eigenvalue weighted by molar-refractivity contribution is 0.0234. The van der Waals surface area contributed by atoms with Crippen LogP contribution in [0.1, 0.15) is 41.5 Å². The van der Waals surface area contributed by atoms with Crippen molar-refractivity contribution in [1.29, 1.82) is 0 Å². The van der Waals surface area contributed by atoms with E-state index in [0.717, 1.165) is 11.4 Å². The average Bonchev–Trinajstić information content (AvgIpc) is 2.14. The number of nitrogens with zero attached hydrogens (tertiary/aromatic N) is 1. The van der Waals surface area contributed by atoms with Gasteiger partial charge in [0.2, 0.25) is 0 Å². The Morgan fingerprint density at radius 3 is 2.79 bits per heavy atom. The second kappa shape index (κ2) is 3.08. The number of hydrogen-bond acceptors (Lipinski definition) is 3. The molecule has 0 bridgehead atoms. The van der Waals surface area contributed by atoms with Crippen LogP contribution in [-0.2, 0) is 4.74 Å². The third kappa shape index (κ3) is 1.29. The predicted octanol–water partition coefficient (Wildman–Crippen LogP) is 2.05. The zero-order valence-electron chi connectivity index (χ0n) is 8.57. The van der Waals surface area contributed by atoms with Gasteiger partial charge in [-0.15, -0.1) is 0 Å². The minimum absolute atomic E-state index is 0.0794. The van der Waals surface area contributed by atoms with Crippen molar-refractivity contribution in [3.05, 3.63) is 29.1 Å². The first-order valence-electron chi connectivity index (χ1n) is 4.78. The summed E-state index contributed by atoms with van der Waals surface area (Å²) in [6.45, 7) is 5.86. The van der Waals surface area contributed by atoms with Crippen LogP contribution in [0.15, 0.2) is 12.1 Å².